The lowest BCUT2D eigenvalue weighted by atomic mass is 10.0. The molecular formula is C20H24FN3O5. The van der Waals surface area contributed by atoms with Gasteiger partial charge >= 0.3 is 5.97 Å². The molecule has 1 fully saturated rings. The third kappa shape index (κ3) is 4.46. The smallest absolute Gasteiger partial charge is 0.331 e. The SMILES string of the molecule is COC(=O)COCC(=O)N1CCOCC1c1c(C)nn(-c2ccccc2F)c1C. The number of para-hydroxylation sites is 1. The van der Waals surface area contributed by atoms with Gasteiger partial charge in [0.25, 0.3) is 0 Å². The zero-order chi connectivity index (χ0) is 21.0. The van der Waals surface area contributed by atoms with E-state index < -0.39 is 5.97 Å². The van der Waals surface area contributed by atoms with E-state index in [0.29, 0.717) is 31.1 Å². The minimum absolute atomic E-state index is 0.245. The van der Waals surface area contributed by atoms with E-state index in [-0.39, 0.29) is 31.0 Å². The zero-order valence-corrected chi connectivity index (χ0v) is 16.7. The number of hydrogen-bond acceptors (Lipinski definition) is 6. The Morgan fingerprint density at radius 2 is 2.03 bits per heavy atom. The Morgan fingerprint density at radius 1 is 1.28 bits per heavy atom. The molecular weight excluding hydrogens is 381 g/mol. The fourth-order valence-electron chi connectivity index (χ4n) is 3.50. The van der Waals surface area contributed by atoms with Crippen LogP contribution in [0.15, 0.2) is 24.3 Å². The summed E-state index contributed by atoms with van der Waals surface area (Å²) in [6, 6.07) is 6.02. The Balaban J connectivity index is 1.85. The van der Waals surface area contributed by atoms with Crippen molar-refractivity contribution in [3.8, 4) is 5.69 Å². The number of aryl methyl sites for hydroxylation is 1. The molecule has 8 nitrogen and oxygen atoms in total. The molecule has 9 heteroatoms. The summed E-state index contributed by atoms with van der Waals surface area (Å²) in [6.45, 7) is 4.21. The van der Waals surface area contributed by atoms with Gasteiger partial charge in [0.1, 0.15) is 24.7 Å². The van der Waals surface area contributed by atoms with Gasteiger partial charge in [-0.2, -0.15) is 5.10 Å². The number of aromatic nitrogens is 2. The third-order valence-electron chi connectivity index (χ3n) is 4.88. The van der Waals surface area contributed by atoms with E-state index in [2.05, 4.69) is 9.84 Å². The quantitative estimate of drug-likeness (QED) is 0.681. The summed E-state index contributed by atoms with van der Waals surface area (Å²) in [5.41, 5.74) is 2.58. The van der Waals surface area contributed by atoms with Crippen LogP contribution < -0.4 is 0 Å². The van der Waals surface area contributed by atoms with Gasteiger partial charge in [-0.25, -0.2) is 13.9 Å². The molecule has 1 atom stereocenters. The molecule has 1 unspecified atom stereocenters. The van der Waals surface area contributed by atoms with E-state index >= 15 is 0 Å². The first kappa shape index (κ1) is 20.9. The molecule has 29 heavy (non-hydrogen) atoms. The van der Waals surface area contributed by atoms with Crippen molar-refractivity contribution in [2.45, 2.75) is 19.9 Å². The van der Waals surface area contributed by atoms with Gasteiger partial charge in [0.15, 0.2) is 0 Å². The summed E-state index contributed by atoms with van der Waals surface area (Å²) in [5, 5.41) is 4.50. The van der Waals surface area contributed by atoms with Gasteiger partial charge in [0, 0.05) is 17.8 Å². The number of rotatable bonds is 6. The van der Waals surface area contributed by atoms with Crippen LogP contribution in [0, 0.1) is 19.7 Å². The molecule has 1 saturated heterocycles. The molecule has 1 aromatic heterocycles. The van der Waals surface area contributed by atoms with E-state index in [1.54, 1.807) is 27.8 Å². The van der Waals surface area contributed by atoms with Gasteiger partial charge in [-0.3, -0.25) is 4.79 Å². The largest absolute Gasteiger partial charge is 0.467 e. The highest BCUT2D eigenvalue weighted by molar-refractivity contribution is 5.79. The first-order valence-corrected chi connectivity index (χ1v) is 9.26. The lowest BCUT2D eigenvalue weighted by molar-refractivity contribution is -0.151. The van der Waals surface area contributed by atoms with Crippen LogP contribution in [0.5, 0.6) is 0 Å². The minimum atomic E-state index is -0.547. The molecule has 1 amide bonds. The first-order valence-electron chi connectivity index (χ1n) is 9.26. The summed E-state index contributed by atoms with van der Waals surface area (Å²) < 4.78 is 31.1. The van der Waals surface area contributed by atoms with Crippen LogP contribution in [0.2, 0.25) is 0 Å². The summed E-state index contributed by atoms with van der Waals surface area (Å²) >= 11 is 0. The second-order valence-electron chi connectivity index (χ2n) is 6.69. The van der Waals surface area contributed by atoms with Crippen LogP contribution in [0.25, 0.3) is 5.69 Å². The predicted octanol–water partition coefficient (Wildman–Crippen LogP) is 1.72. The van der Waals surface area contributed by atoms with Crippen molar-refractivity contribution < 1.29 is 28.2 Å². The molecule has 0 saturated carbocycles. The molecule has 1 aliphatic heterocycles. The van der Waals surface area contributed by atoms with Crippen molar-refractivity contribution in [1.82, 2.24) is 14.7 Å². The average molecular weight is 405 g/mol. The van der Waals surface area contributed by atoms with Crippen LogP contribution >= 0.6 is 0 Å². The molecule has 0 N–H and O–H groups in total. The third-order valence-corrected chi connectivity index (χ3v) is 4.88. The van der Waals surface area contributed by atoms with Crippen molar-refractivity contribution in [3.63, 3.8) is 0 Å². The van der Waals surface area contributed by atoms with Crippen LogP contribution in [-0.2, 0) is 23.8 Å². The van der Waals surface area contributed by atoms with Crippen molar-refractivity contribution >= 4 is 11.9 Å². The van der Waals surface area contributed by atoms with E-state index in [0.717, 1.165) is 11.3 Å². The monoisotopic (exact) mass is 405 g/mol. The van der Waals surface area contributed by atoms with Gasteiger partial charge in [0.05, 0.1) is 32.1 Å². The number of ether oxygens (including phenoxy) is 3. The highest BCUT2D eigenvalue weighted by atomic mass is 19.1. The molecule has 1 aliphatic rings. The lowest BCUT2D eigenvalue weighted by Crippen LogP contribution is -2.45. The summed E-state index contributed by atoms with van der Waals surface area (Å²) in [5.74, 6) is -1.19. The topological polar surface area (TPSA) is 82.9 Å². The summed E-state index contributed by atoms with van der Waals surface area (Å²) in [4.78, 5) is 25.5. The Labute approximate surface area is 168 Å². The standard InChI is InChI=1S/C20H24FN3O5/c1-13-20(14(2)24(22-13)16-7-5-4-6-15(16)21)17-10-28-9-8-23(17)18(25)11-29-12-19(26)27-3/h4-7,17H,8-12H2,1-3H3. The van der Waals surface area contributed by atoms with Crippen molar-refractivity contribution in [2.24, 2.45) is 0 Å². The maximum absolute atomic E-state index is 14.3. The van der Waals surface area contributed by atoms with E-state index in [4.69, 9.17) is 9.47 Å². The second kappa shape index (κ2) is 9.15. The lowest BCUT2D eigenvalue weighted by Gasteiger charge is -2.36. The molecule has 2 heterocycles. The van der Waals surface area contributed by atoms with Crippen LogP contribution in [0.1, 0.15) is 23.0 Å². The fraction of sp³-hybridized carbons (Fsp3) is 0.450. The molecule has 3 rings (SSSR count). The molecule has 2 aromatic rings. The first-order chi connectivity index (χ1) is 13.9. The Kier molecular flexibility index (Phi) is 6.60. The highest BCUT2D eigenvalue weighted by Gasteiger charge is 2.33. The van der Waals surface area contributed by atoms with Gasteiger partial charge in [-0.15, -0.1) is 0 Å². The fourth-order valence-corrected chi connectivity index (χ4v) is 3.50. The number of carbonyl (C=O) groups excluding carboxylic acids is 2. The molecule has 1 aromatic carbocycles. The molecule has 0 bridgehead atoms. The Morgan fingerprint density at radius 3 is 2.76 bits per heavy atom. The number of esters is 1. The molecule has 0 radical (unpaired) electrons. The zero-order valence-electron chi connectivity index (χ0n) is 16.7. The number of halogens is 1. The number of carbonyl (C=O) groups is 2. The van der Waals surface area contributed by atoms with E-state index in [9.17, 15) is 14.0 Å². The van der Waals surface area contributed by atoms with Gasteiger partial charge in [-0.05, 0) is 26.0 Å². The second-order valence-corrected chi connectivity index (χ2v) is 6.69. The normalized spacial score (nSPS) is 16.7. The molecule has 0 aliphatic carbocycles. The average Bonchev–Trinajstić information content (AvgIpc) is 3.01. The highest BCUT2D eigenvalue weighted by Crippen LogP contribution is 2.31. The molecule has 156 valence electrons. The van der Waals surface area contributed by atoms with E-state index in [1.165, 1.54) is 13.2 Å². The van der Waals surface area contributed by atoms with Crippen LogP contribution in [0.4, 0.5) is 4.39 Å². The maximum Gasteiger partial charge on any atom is 0.331 e. The van der Waals surface area contributed by atoms with Crippen LogP contribution in [0.3, 0.4) is 0 Å². The maximum atomic E-state index is 14.3. The van der Waals surface area contributed by atoms with Gasteiger partial charge < -0.3 is 19.1 Å². The van der Waals surface area contributed by atoms with Crippen molar-refractivity contribution in [2.75, 3.05) is 40.1 Å². The van der Waals surface area contributed by atoms with Gasteiger partial charge in [-0.1, -0.05) is 12.1 Å². The Hall–Kier alpha value is -2.78. The number of methoxy groups -OCH3 is 1. The minimum Gasteiger partial charge on any atom is -0.467 e. The molecule has 0 spiro atoms. The van der Waals surface area contributed by atoms with Crippen LogP contribution in [-0.4, -0.2) is 66.6 Å². The van der Waals surface area contributed by atoms with E-state index in [1.807, 2.05) is 13.8 Å². The number of benzene rings is 1. The Bertz CT molecular complexity index is 898. The summed E-state index contributed by atoms with van der Waals surface area (Å²) in [6.07, 6.45) is 0. The van der Waals surface area contributed by atoms with Crippen molar-refractivity contribution in [3.05, 3.63) is 47.0 Å². The van der Waals surface area contributed by atoms with Gasteiger partial charge in [0.2, 0.25) is 5.91 Å². The number of hydrogen-bond donors (Lipinski definition) is 0. The number of morpholine rings is 1. The number of nitrogens with zero attached hydrogens (tertiary/aromatic N) is 3. The number of amides is 1. The summed E-state index contributed by atoms with van der Waals surface area (Å²) in [7, 11) is 1.25. The predicted molar refractivity (Wildman–Crippen MR) is 101 cm³/mol. The van der Waals surface area contributed by atoms with Crippen molar-refractivity contribution in [1.29, 1.82) is 0 Å².